The molecule has 0 aliphatic carbocycles. The fraction of sp³-hybridized carbons (Fsp3) is 0.192. The molecule has 0 spiro atoms. The van der Waals surface area contributed by atoms with E-state index in [0.717, 1.165) is 0 Å². The van der Waals surface area contributed by atoms with Gasteiger partial charge >= 0.3 is 17.9 Å². The average molecular weight is 464 g/mol. The van der Waals surface area contributed by atoms with Crippen LogP contribution in [-0.2, 0) is 23.7 Å². The number of hydrogen-bond acceptors (Lipinski definition) is 8. The maximum Gasteiger partial charge on any atom is 0.338 e. The molecule has 0 amide bonds. The van der Waals surface area contributed by atoms with Gasteiger partial charge in [0, 0.05) is 0 Å². The van der Waals surface area contributed by atoms with E-state index in [1.807, 2.05) is 0 Å². The Morgan fingerprint density at radius 3 is 1.94 bits per heavy atom. The predicted molar refractivity (Wildman–Crippen MR) is 122 cm³/mol. The lowest BCUT2D eigenvalue weighted by Gasteiger charge is -2.38. The van der Waals surface area contributed by atoms with Crippen molar-refractivity contribution < 1.29 is 38.4 Å². The van der Waals surface area contributed by atoms with Crippen molar-refractivity contribution in [3.8, 4) is 0 Å². The van der Waals surface area contributed by atoms with Crippen LogP contribution in [0.4, 0.5) is 0 Å². The minimum atomic E-state index is -1.64. The molecule has 2 aromatic carbocycles. The lowest BCUT2D eigenvalue weighted by Crippen LogP contribution is -2.57. The summed E-state index contributed by atoms with van der Waals surface area (Å²) in [6, 6.07) is 16.3. The predicted octanol–water partition coefficient (Wildman–Crippen LogP) is 3.00. The second kappa shape index (κ2) is 11.7. The molecule has 1 fully saturated rings. The van der Waals surface area contributed by atoms with E-state index in [0.29, 0.717) is 0 Å². The third kappa shape index (κ3) is 6.06. The van der Waals surface area contributed by atoms with Crippen LogP contribution < -0.4 is 0 Å². The number of benzene rings is 2. The summed E-state index contributed by atoms with van der Waals surface area (Å²) in [7, 11) is 0. The molecule has 0 aromatic heterocycles. The molecule has 4 atom stereocenters. The molecule has 1 saturated heterocycles. The highest BCUT2D eigenvalue weighted by Gasteiger charge is 2.47. The zero-order chi connectivity index (χ0) is 24.5. The molecule has 8 heteroatoms. The number of aliphatic hydroxyl groups excluding tert-OH is 1. The van der Waals surface area contributed by atoms with E-state index in [1.54, 1.807) is 48.5 Å². The highest BCUT2D eigenvalue weighted by Crippen LogP contribution is 2.25. The smallest absolute Gasteiger partial charge is 0.338 e. The lowest BCUT2D eigenvalue weighted by atomic mass is 10.0. The molecule has 0 bridgehead atoms. The van der Waals surface area contributed by atoms with Crippen LogP contribution in [0.25, 0.3) is 0 Å². The third-order valence-electron chi connectivity index (χ3n) is 4.92. The molecule has 3 rings (SSSR count). The van der Waals surface area contributed by atoms with Crippen LogP contribution >= 0.6 is 0 Å². The van der Waals surface area contributed by atoms with Gasteiger partial charge in [-0.3, -0.25) is 0 Å². The highest BCUT2D eigenvalue weighted by atomic mass is 16.7. The van der Waals surface area contributed by atoms with Gasteiger partial charge in [0.25, 0.3) is 0 Å². The summed E-state index contributed by atoms with van der Waals surface area (Å²) in [4.78, 5) is 38.0. The molecular weight excluding hydrogens is 440 g/mol. The molecule has 0 radical (unpaired) electrons. The van der Waals surface area contributed by atoms with Crippen molar-refractivity contribution in [3.63, 3.8) is 0 Å². The van der Waals surface area contributed by atoms with Crippen molar-refractivity contribution in [1.82, 2.24) is 0 Å². The van der Waals surface area contributed by atoms with Crippen molar-refractivity contribution in [2.24, 2.45) is 0 Å². The van der Waals surface area contributed by atoms with Gasteiger partial charge < -0.3 is 24.1 Å². The van der Waals surface area contributed by atoms with Crippen LogP contribution in [0.1, 0.15) is 20.7 Å². The summed E-state index contributed by atoms with van der Waals surface area (Å²) >= 11 is 0. The minimum absolute atomic E-state index is 0.0544. The monoisotopic (exact) mass is 464 g/mol. The summed E-state index contributed by atoms with van der Waals surface area (Å²) in [6.45, 7) is 6.77. The number of hydrogen-bond donors (Lipinski definition) is 1. The second-order valence-electron chi connectivity index (χ2n) is 7.20. The van der Waals surface area contributed by atoms with Gasteiger partial charge in [0.05, 0.1) is 23.3 Å². The van der Waals surface area contributed by atoms with Crippen LogP contribution in [0.5, 0.6) is 0 Å². The third-order valence-corrected chi connectivity index (χ3v) is 4.92. The first-order valence-electron chi connectivity index (χ1n) is 10.4. The lowest BCUT2D eigenvalue weighted by molar-refractivity contribution is -0.258. The summed E-state index contributed by atoms with van der Waals surface area (Å²) in [6.07, 6.45) is -1.68. The van der Waals surface area contributed by atoms with E-state index >= 15 is 0 Å². The first-order chi connectivity index (χ1) is 16.4. The van der Waals surface area contributed by atoms with Gasteiger partial charge in [-0.05, 0) is 30.3 Å². The second-order valence-corrected chi connectivity index (χ2v) is 7.20. The van der Waals surface area contributed by atoms with Crippen molar-refractivity contribution in [2.75, 3.05) is 6.61 Å². The van der Waals surface area contributed by atoms with Gasteiger partial charge in [0.1, 0.15) is 0 Å². The molecule has 1 aliphatic heterocycles. The van der Waals surface area contributed by atoms with Gasteiger partial charge in [0.15, 0.2) is 24.6 Å². The number of aliphatic hydroxyl groups is 1. The topological polar surface area (TPSA) is 108 Å². The van der Waals surface area contributed by atoms with Crippen LogP contribution in [-0.4, -0.2) is 54.2 Å². The van der Waals surface area contributed by atoms with Gasteiger partial charge in [-0.15, -0.1) is 0 Å². The maximum atomic E-state index is 12.8. The quantitative estimate of drug-likeness (QED) is 0.275. The van der Waals surface area contributed by atoms with Crippen molar-refractivity contribution >= 4 is 17.9 Å². The van der Waals surface area contributed by atoms with E-state index in [1.165, 1.54) is 30.4 Å². The number of allylic oxidation sites excluding steroid dienone is 2. The van der Waals surface area contributed by atoms with Gasteiger partial charge in [-0.1, -0.05) is 61.7 Å². The molecule has 1 heterocycles. The Balaban J connectivity index is 1.88. The van der Waals surface area contributed by atoms with Crippen molar-refractivity contribution in [2.45, 2.75) is 24.6 Å². The van der Waals surface area contributed by atoms with E-state index in [9.17, 15) is 19.5 Å². The van der Waals surface area contributed by atoms with Crippen LogP contribution in [0.2, 0.25) is 0 Å². The largest absolute Gasteiger partial charge is 0.452 e. The minimum Gasteiger partial charge on any atom is -0.452 e. The number of carbonyl (C=O) groups excluding carboxylic acids is 3. The molecular formula is C26H24O8. The number of carbonyl (C=O) groups is 3. The van der Waals surface area contributed by atoms with Crippen molar-refractivity contribution in [1.29, 1.82) is 0 Å². The Morgan fingerprint density at radius 2 is 1.41 bits per heavy atom. The summed E-state index contributed by atoms with van der Waals surface area (Å²) in [5, 5.41) is 10.4. The first-order valence-corrected chi connectivity index (χ1v) is 10.4. The Labute approximate surface area is 196 Å². The van der Waals surface area contributed by atoms with E-state index in [4.69, 9.17) is 18.9 Å². The van der Waals surface area contributed by atoms with Crippen LogP contribution in [0, 0.1) is 0 Å². The number of rotatable bonds is 8. The van der Waals surface area contributed by atoms with Gasteiger partial charge in [-0.25, -0.2) is 14.4 Å². The molecule has 176 valence electrons. The zero-order valence-corrected chi connectivity index (χ0v) is 18.2. The Kier molecular flexibility index (Phi) is 8.50. The molecule has 34 heavy (non-hydrogen) atoms. The molecule has 1 aliphatic rings. The average Bonchev–Trinajstić information content (AvgIpc) is 2.87. The molecule has 1 N–H and O–H groups in total. The molecule has 2 aromatic rings. The number of esters is 3. The Morgan fingerprint density at radius 1 is 0.853 bits per heavy atom. The van der Waals surface area contributed by atoms with E-state index in [2.05, 4.69) is 13.2 Å². The summed E-state index contributed by atoms with van der Waals surface area (Å²) in [5.74, 6) is -2.32. The van der Waals surface area contributed by atoms with Crippen LogP contribution in [0.15, 0.2) is 97.6 Å². The normalized spacial score (nSPS) is 22.2. The van der Waals surface area contributed by atoms with Crippen LogP contribution in [0.3, 0.4) is 0 Å². The SMILES string of the molecule is C=C/C=C(\C=C)C(=O)O[C@@H]1C(O)OC[C@@H](OC(=O)c2ccccc2)[C@@H]1OC(=O)c1ccccc1. The molecule has 8 nitrogen and oxygen atoms in total. The van der Waals surface area contributed by atoms with E-state index in [-0.39, 0.29) is 23.3 Å². The van der Waals surface area contributed by atoms with Gasteiger partial charge in [0.2, 0.25) is 0 Å². The molecule has 0 saturated carbocycles. The highest BCUT2D eigenvalue weighted by molar-refractivity contribution is 5.92. The molecule has 1 unspecified atom stereocenters. The standard InChI is InChI=1S/C26H24O8/c1-3-11-17(4-2)23(27)34-22-21(33-25(29)19-14-9-6-10-15-19)20(16-31-26(22)30)32-24(28)18-12-7-5-8-13-18/h3-15,20-22,26,30H,1-2,16H2/b17-11+/t20-,21+,22+,26?/m1/s1. The van der Waals surface area contributed by atoms with E-state index < -0.39 is 42.5 Å². The maximum absolute atomic E-state index is 12.8. The summed E-state index contributed by atoms with van der Waals surface area (Å²) < 4.78 is 21.8. The Hall–Kier alpha value is -4.01. The zero-order valence-electron chi connectivity index (χ0n) is 18.2. The first kappa shape index (κ1) is 24.6. The Bertz CT molecular complexity index is 1060. The number of ether oxygens (including phenoxy) is 4. The van der Waals surface area contributed by atoms with Gasteiger partial charge in [-0.2, -0.15) is 0 Å². The fourth-order valence-corrected chi connectivity index (χ4v) is 3.21. The van der Waals surface area contributed by atoms with Crippen molar-refractivity contribution in [3.05, 3.63) is 109 Å². The fourth-order valence-electron chi connectivity index (χ4n) is 3.21. The summed E-state index contributed by atoms with van der Waals surface area (Å²) in [5.41, 5.74) is 0.539.